The Kier molecular flexibility index (Phi) is 9.91. The molecule has 2 heterocycles. The topological polar surface area (TPSA) is 60.4 Å². The molecule has 1 N–H and O–H groups in total. The molecular formula is C20H39N5O2. The summed E-state index contributed by atoms with van der Waals surface area (Å²) in [6.45, 7) is 13.9. The van der Waals surface area contributed by atoms with E-state index in [9.17, 15) is 4.79 Å². The van der Waals surface area contributed by atoms with Gasteiger partial charge in [0.1, 0.15) is 0 Å². The number of rotatable bonds is 8. The summed E-state index contributed by atoms with van der Waals surface area (Å²) in [4.78, 5) is 24.0. The van der Waals surface area contributed by atoms with Gasteiger partial charge in [-0.05, 0) is 53.1 Å². The molecule has 0 aromatic rings. The van der Waals surface area contributed by atoms with Crippen LogP contribution in [-0.2, 0) is 9.53 Å². The fourth-order valence-electron chi connectivity index (χ4n) is 3.72. The van der Waals surface area contributed by atoms with Crippen LogP contribution in [0.2, 0.25) is 0 Å². The molecule has 156 valence electrons. The molecule has 2 saturated heterocycles. The van der Waals surface area contributed by atoms with Gasteiger partial charge in [0.25, 0.3) is 0 Å². The largest absolute Gasteiger partial charge is 0.466 e. The summed E-state index contributed by atoms with van der Waals surface area (Å²) >= 11 is 0. The summed E-state index contributed by atoms with van der Waals surface area (Å²) in [5.74, 6) is 1.01. The maximum Gasteiger partial charge on any atom is 0.309 e. The summed E-state index contributed by atoms with van der Waals surface area (Å²) in [5, 5.41) is 3.41. The molecule has 2 fully saturated rings. The normalized spacial score (nSPS) is 20.7. The van der Waals surface area contributed by atoms with E-state index in [1.807, 2.05) is 6.92 Å². The van der Waals surface area contributed by atoms with Crippen molar-refractivity contribution in [1.82, 2.24) is 20.0 Å². The molecule has 2 rings (SSSR count). The van der Waals surface area contributed by atoms with Crippen molar-refractivity contribution in [3.05, 3.63) is 0 Å². The zero-order chi connectivity index (χ0) is 19.5. The highest BCUT2D eigenvalue weighted by atomic mass is 16.5. The van der Waals surface area contributed by atoms with E-state index in [0.29, 0.717) is 6.61 Å². The van der Waals surface area contributed by atoms with Crippen molar-refractivity contribution < 1.29 is 9.53 Å². The number of carbonyl (C=O) groups is 1. The van der Waals surface area contributed by atoms with E-state index in [1.54, 1.807) is 0 Å². The Morgan fingerprint density at radius 3 is 2.41 bits per heavy atom. The van der Waals surface area contributed by atoms with Crippen LogP contribution in [0.1, 0.15) is 39.5 Å². The number of likely N-dealkylation sites (tertiary alicyclic amines) is 1. The van der Waals surface area contributed by atoms with Crippen LogP contribution in [0.15, 0.2) is 4.99 Å². The molecule has 0 bridgehead atoms. The third-order valence-corrected chi connectivity index (χ3v) is 5.49. The fraction of sp³-hybridized carbons (Fsp3) is 0.900. The number of nitrogens with zero attached hydrogens (tertiary/aromatic N) is 4. The zero-order valence-electron chi connectivity index (χ0n) is 17.6. The van der Waals surface area contributed by atoms with Crippen LogP contribution in [0.3, 0.4) is 0 Å². The second kappa shape index (κ2) is 12.2. The van der Waals surface area contributed by atoms with Gasteiger partial charge in [-0.3, -0.25) is 9.79 Å². The van der Waals surface area contributed by atoms with Gasteiger partial charge < -0.3 is 24.8 Å². The summed E-state index contributed by atoms with van der Waals surface area (Å²) in [6, 6.07) is 0. The van der Waals surface area contributed by atoms with Crippen molar-refractivity contribution in [2.24, 2.45) is 10.9 Å². The van der Waals surface area contributed by atoms with Crippen molar-refractivity contribution >= 4 is 11.9 Å². The summed E-state index contributed by atoms with van der Waals surface area (Å²) < 4.78 is 5.16. The average molecular weight is 382 g/mol. The number of aliphatic imine (C=N–C) groups is 1. The predicted molar refractivity (Wildman–Crippen MR) is 110 cm³/mol. The second-order valence-corrected chi connectivity index (χ2v) is 7.60. The first kappa shape index (κ1) is 22.0. The van der Waals surface area contributed by atoms with Gasteiger partial charge in [-0.25, -0.2) is 0 Å². The Hall–Kier alpha value is -1.34. The van der Waals surface area contributed by atoms with Crippen LogP contribution < -0.4 is 5.32 Å². The molecule has 27 heavy (non-hydrogen) atoms. The number of ether oxygens (including phenoxy) is 1. The van der Waals surface area contributed by atoms with E-state index in [1.165, 1.54) is 39.1 Å². The number of esters is 1. The van der Waals surface area contributed by atoms with Gasteiger partial charge in [-0.1, -0.05) is 0 Å². The third kappa shape index (κ3) is 7.66. The zero-order valence-corrected chi connectivity index (χ0v) is 17.6. The summed E-state index contributed by atoms with van der Waals surface area (Å²) in [6.07, 6.45) is 4.04. The molecule has 0 aliphatic carbocycles. The van der Waals surface area contributed by atoms with Gasteiger partial charge in [0.15, 0.2) is 5.96 Å². The van der Waals surface area contributed by atoms with Crippen LogP contribution in [0.25, 0.3) is 0 Å². The van der Waals surface area contributed by atoms with Crippen LogP contribution in [0.4, 0.5) is 0 Å². The van der Waals surface area contributed by atoms with Gasteiger partial charge in [0.2, 0.25) is 0 Å². The number of unbranched alkanes of at least 4 members (excludes halogenated alkanes) is 1. The number of nitrogens with one attached hydrogen (secondary N) is 1. The number of likely N-dealkylation sites (N-methyl/N-ethyl adjacent to an activating group) is 1. The molecule has 7 heteroatoms. The Morgan fingerprint density at radius 1 is 1.07 bits per heavy atom. The number of hydrogen-bond donors (Lipinski definition) is 1. The lowest BCUT2D eigenvalue weighted by atomic mass is 9.97. The molecule has 0 aromatic heterocycles. The van der Waals surface area contributed by atoms with Gasteiger partial charge >= 0.3 is 5.97 Å². The van der Waals surface area contributed by atoms with Crippen molar-refractivity contribution in [2.75, 3.05) is 72.6 Å². The molecule has 0 amide bonds. The lowest BCUT2D eigenvalue weighted by Gasteiger charge is -2.33. The molecule has 0 unspecified atom stereocenters. The van der Waals surface area contributed by atoms with Crippen molar-refractivity contribution in [2.45, 2.75) is 39.5 Å². The quantitative estimate of drug-likeness (QED) is 0.296. The molecule has 7 nitrogen and oxygen atoms in total. The Balaban J connectivity index is 1.68. The van der Waals surface area contributed by atoms with Gasteiger partial charge in [-0.15, -0.1) is 0 Å². The minimum atomic E-state index is -0.0389. The predicted octanol–water partition coefficient (Wildman–Crippen LogP) is 1.25. The second-order valence-electron chi connectivity index (χ2n) is 7.60. The SMILES string of the molecule is CCNC(=NCCCCN1CCN(C)CC1)N1CCC(C(=O)OCC)CC1. The molecule has 0 spiro atoms. The molecular weight excluding hydrogens is 342 g/mol. The Bertz CT molecular complexity index is 455. The maximum atomic E-state index is 11.9. The molecule has 2 aliphatic heterocycles. The smallest absolute Gasteiger partial charge is 0.309 e. The van der Waals surface area contributed by atoms with Gasteiger partial charge in [-0.2, -0.15) is 0 Å². The summed E-state index contributed by atoms with van der Waals surface area (Å²) in [7, 11) is 2.20. The van der Waals surface area contributed by atoms with E-state index >= 15 is 0 Å². The first-order chi connectivity index (χ1) is 13.1. The number of piperidine rings is 1. The maximum absolute atomic E-state index is 11.9. The molecule has 0 radical (unpaired) electrons. The molecule has 0 atom stereocenters. The highest BCUT2D eigenvalue weighted by molar-refractivity contribution is 5.80. The van der Waals surface area contributed by atoms with E-state index in [4.69, 9.17) is 9.73 Å². The van der Waals surface area contributed by atoms with Crippen molar-refractivity contribution in [3.8, 4) is 0 Å². The number of carbonyl (C=O) groups excluding carboxylic acids is 1. The van der Waals surface area contributed by atoms with Gasteiger partial charge in [0.05, 0.1) is 12.5 Å². The number of guanidine groups is 1. The van der Waals surface area contributed by atoms with Gasteiger partial charge in [0, 0.05) is 52.4 Å². The highest BCUT2D eigenvalue weighted by Crippen LogP contribution is 2.18. The molecule has 0 aromatic carbocycles. The van der Waals surface area contributed by atoms with Crippen molar-refractivity contribution in [3.63, 3.8) is 0 Å². The van der Waals surface area contributed by atoms with Crippen molar-refractivity contribution in [1.29, 1.82) is 0 Å². The first-order valence-corrected chi connectivity index (χ1v) is 10.7. The summed E-state index contributed by atoms with van der Waals surface area (Å²) in [5.41, 5.74) is 0. The molecule has 2 aliphatic rings. The number of piperazine rings is 1. The average Bonchev–Trinajstić information content (AvgIpc) is 2.68. The van der Waals surface area contributed by atoms with E-state index in [0.717, 1.165) is 51.4 Å². The minimum Gasteiger partial charge on any atom is -0.466 e. The third-order valence-electron chi connectivity index (χ3n) is 5.49. The number of hydrogen-bond acceptors (Lipinski definition) is 5. The van der Waals surface area contributed by atoms with Crippen LogP contribution in [0, 0.1) is 5.92 Å². The standard InChI is InChI=1S/C20H39N5O2/c1-4-21-20(25-12-8-18(9-13-25)19(26)27-5-2)22-10-6-7-11-24-16-14-23(3)15-17-24/h18H,4-17H2,1-3H3,(H,21,22). The minimum absolute atomic E-state index is 0.0389. The van der Waals surface area contributed by atoms with Crippen LogP contribution in [-0.4, -0.2) is 99.2 Å². The van der Waals surface area contributed by atoms with Crippen LogP contribution in [0.5, 0.6) is 0 Å². The Labute approximate surface area is 165 Å². The van der Waals surface area contributed by atoms with E-state index in [2.05, 4.69) is 34.0 Å². The highest BCUT2D eigenvalue weighted by Gasteiger charge is 2.27. The lowest BCUT2D eigenvalue weighted by molar-refractivity contribution is -0.149. The monoisotopic (exact) mass is 381 g/mol. The lowest BCUT2D eigenvalue weighted by Crippen LogP contribution is -2.46. The Morgan fingerprint density at radius 2 is 1.78 bits per heavy atom. The van der Waals surface area contributed by atoms with Crippen LogP contribution >= 0.6 is 0 Å². The van der Waals surface area contributed by atoms with E-state index < -0.39 is 0 Å². The fourth-order valence-corrected chi connectivity index (χ4v) is 3.72. The van der Waals surface area contributed by atoms with E-state index in [-0.39, 0.29) is 11.9 Å². The molecule has 0 saturated carbocycles. The first-order valence-electron chi connectivity index (χ1n) is 10.7.